The fourth-order valence-electron chi connectivity index (χ4n) is 2.20. The minimum Gasteiger partial charge on any atom is -0.352 e. The zero-order valence-corrected chi connectivity index (χ0v) is 13.4. The molecule has 0 atom stereocenters. The number of carbonyl (C=O) groups is 1. The summed E-state index contributed by atoms with van der Waals surface area (Å²) >= 11 is 12.0. The molecule has 0 aliphatic carbocycles. The van der Waals surface area contributed by atoms with Gasteiger partial charge in [-0.3, -0.25) is 4.79 Å². The lowest BCUT2D eigenvalue weighted by atomic mass is 10.2. The van der Waals surface area contributed by atoms with E-state index in [1.165, 1.54) is 24.3 Å². The molecule has 0 radical (unpaired) electrons. The minimum absolute atomic E-state index is 0.255. The van der Waals surface area contributed by atoms with Gasteiger partial charge in [0.2, 0.25) is 0 Å². The molecule has 2 aromatic heterocycles. The van der Waals surface area contributed by atoms with Crippen LogP contribution >= 0.6 is 23.2 Å². The number of rotatable bonds is 4. The molecule has 4 nitrogen and oxygen atoms in total. The number of pyridine rings is 1. The molecule has 23 heavy (non-hydrogen) atoms. The maximum absolute atomic E-state index is 12.8. The van der Waals surface area contributed by atoms with Crippen LogP contribution in [0.1, 0.15) is 16.1 Å². The number of amides is 1. The van der Waals surface area contributed by atoms with Crippen molar-refractivity contribution in [2.45, 2.75) is 6.42 Å². The highest BCUT2D eigenvalue weighted by Crippen LogP contribution is 2.21. The molecule has 0 spiro atoms. The van der Waals surface area contributed by atoms with Crippen molar-refractivity contribution >= 4 is 34.8 Å². The summed E-state index contributed by atoms with van der Waals surface area (Å²) in [6.45, 7) is 0.408. The second-order valence-corrected chi connectivity index (χ2v) is 5.83. The molecule has 0 unspecified atom stereocenters. The number of imidazole rings is 1. The Morgan fingerprint density at radius 3 is 2.70 bits per heavy atom. The van der Waals surface area contributed by atoms with Crippen molar-refractivity contribution in [3.8, 4) is 0 Å². The van der Waals surface area contributed by atoms with Gasteiger partial charge in [0, 0.05) is 30.9 Å². The van der Waals surface area contributed by atoms with Crippen molar-refractivity contribution in [3.63, 3.8) is 0 Å². The van der Waals surface area contributed by atoms with E-state index in [4.69, 9.17) is 23.2 Å². The van der Waals surface area contributed by atoms with E-state index in [-0.39, 0.29) is 11.7 Å². The summed E-state index contributed by atoms with van der Waals surface area (Å²) in [6, 6.07) is 7.02. The van der Waals surface area contributed by atoms with Crippen molar-refractivity contribution in [1.29, 1.82) is 0 Å². The highest BCUT2D eigenvalue weighted by atomic mass is 35.5. The Morgan fingerprint density at radius 2 is 1.96 bits per heavy atom. The van der Waals surface area contributed by atoms with E-state index >= 15 is 0 Å². The normalized spacial score (nSPS) is 10.9. The molecule has 1 N–H and O–H groups in total. The van der Waals surface area contributed by atoms with Gasteiger partial charge in [0.15, 0.2) is 5.65 Å². The number of nitrogens with zero attached hydrogens (tertiary/aromatic N) is 2. The Hall–Kier alpha value is -2.11. The Labute approximate surface area is 141 Å². The second-order valence-electron chi connectivity index (χ2n) is 4.98. The molecular weight excluding hydrogens is 340 g/mol. The molecule has 0 saturated heterocycles. The summed E-state index contributed by atoms with van der Waals surface area (Å²) in [5.41, 5.74) is 1.82. The fourth-order valence-corrected chi connectivity index (χ4v) is 2.73. The van der Waals surface area contributed by atoms with Crippen molar-refractivity contribution in [2.75, 3.05) is 6.54 Å². The molecule has 1 amide bonds. The second kappa shape index (κ2) is 6.56. The van der Waals surface area contributed by atoms with Crippen LogP contribution in [0.15, 0.2) is 42.7 Å². The molecule has 2 heterocycles. The largest absolute Gasteiger partial charge is 0.352 e. The van der Waals surface area contributed by atoms with Crippen LogP contribution in [0.2, 0.25) is 10.0 Å². The molecule has 0 saturated carbocycles. The van der Waals surface area contributed by atoms with Crippen LogP contribution in [0.5, 0.6) is 0 Å². The molecule has 118 valence electrons. The average molecular weight is 352 g/mol. The first-order valence-electron chi connectivity index (χ1n) is 6.89. The highest BCUT2D eigenvalue weighted by Gasteiger charge is 2.08. The molecule has 3 aromatic rings. The Bertz CT molecular complexity index is 862. The van der Waals surface area contributed by atoms with Crippen LogP contribution in [0.3, 0.4) is 0 Å². The maximum Gasteiger partial charge on any atom is 0.251 e. The smallest absolute Gasteiger partial charge is 0.251 e. The monoisotopic (exact) mass is 351 g/mol. The lowest BCUT2D eigenvalue weighted by Crippen LogP contribution is -2.25. The van der Waals surface area contributed by atoms with Gasteiger partial charge in [-0.25, -0.2) is 9.37 Å². The standard InChI is InChI=1S/C16H12Cl2FN3O/c17-11-7-14(18)15-21-13(9-22(15)8-11)5-6-20-16(23)10-1-3-12(19)4-2-10/h1-4,7-9H,5-6H2,(H,20,23). The van der Waals surface area contributed by atoms with Crippen molar-refractivity contribution < 1.29 is 9.18 Å². The molecule has 1 aromatic carbocycles. The Balaban J connectivity index is 1.63. The quantitative estimate of drug-likeness (QED) is 0.777. The van der Waals surface area contributed by atoms with Gasteiger partial charge in [0.1, 0.15) is 5.82 Å². The molecule has 7 heteroatoms. The van der Waals surface area contributed by atoms with Gasteiger partial charge < -0.3 is 9.72 Å². The Kier molecular flexibility index (Phi) is 4.50. The SMILES string of the molecule is O=C(NCCc1cn2cc(Cl)cc(Cl)c2n1)c1ccc(F)cc1. The number of benzene rings is 1. The molecule has 3 rings (SSSR count). The van der Waals surface area contributed by atoms with Gasteiger partial charge in [-0.05, 0) is 30.3 Å². The topological polar surface area (TPSA) is 46.4 Å². The lowest BCUT2D eigenvalue weighted by Gasteiger charge is -2.03. The Morgan fingerprint density at radius 1 is 1.22 bits per heavy atom. The molecule has 0 aliphatic heterocycles. The van der Waals surface area contributed by atoms with Crippen LogP contribution < -0.4 is 5.32 Å². The first kappa shape index (κ1) is 15.8. The van der Waals surface area contributed by atoms with E-state index < -0.39 is 0 Å². The fraction of sp³-hybridized carbons (Fsp3) is 0.125. The predicted octanol–water partition coefficient (Wildman–Crippen LogP) is 3.75. The van der Waals surface area contributed by atoms with Crippen LogP contribution in [0.4, 0.5) is 4.39 Å². The number of aromatic nitrogens is 2. The molecule has 0 aliphatic rings. The van der Waals surface area contributed by atoms with Gasteiger partial charge in [-0.2, -0.15) is 0 Å². The minimum atomic E-state index is -0.373. The van der Waals surface area contributed by atoms with Crippen LogP contribution in [0, 0.1) is 5.82 Å². The van der Waals surface area contributed by atoms with Gasteiger partial charge >= 0.3 is 0 Å². The van der Waals surface area contributed by atoms with Gasteiger partial charge in [-0.15, -0.1) is 0 Å². The van der Waals surface area contributed by atoms with E-state index in [0.717, 1.165) is 5.69 Å². The number of carbonyl (C=O) groups excluding carboxylic acids is 1. The zero-order valence-electron chi connectivity index (χ0n) is 11.9. The lowest BCUT2D eigenvalue weighted by molar-refractivity contribution is 0.0954. The summed E-state index contributed by atoms with van der Waals surface area (Å²) in [7, 11) is 0. The average Bonchev–Trinajstić information content (AvgIpc) is 2.91. The summed E-state index contributed by atoms with van der Waals surface area (Å²) in [5.74, 6) is -0.628. The van der Waals surface area contributed by atoms with Gasteiger partial charge in [-0.1, -0.05) is 23.2 Å². The van der Waals surface area contributed by atoms with Crippen molar-refractivity contribution in [2.24, 2.45) is 0 Å². The van der Waals surface area contributed by atoms with E-state index in [2.05, 4.69) is 10.3 Å². The van der Waals surface area contributed by atoms with Crippen LogP contribution in [0.25, 0.3) is 5.65 Å². The first-order chi connectivity index (χ1) is 11.0. The number of hydrogen-bond acceptors (Lipinski definition) is 2. The highest BCUT2D eigenvalue weighted by molar-refractivity contribution is 6.36. The maximum atomic E-state index is 12.8. The molecular formula is C16H12Cl2FN3O. The van der Waals surface area contributed by atoms with E-state index in [0.29, 0.717) is 34.2 Å². The zero-order chi connectivity index (χ0) is 16.4. The van der Waals surface area contributed by atoms with E-state index in [1.807, 2.05) is 6.20 Å². The summed E-state index contributed by atoms with van der Waals surface area (Å²) in [5, 5.41) is 3.76. The first-order valence-corrected chi connectivity index (χ1v) is 7.65. The van der Waals surface area contributed by atoms with E-state index in [9.17, 15) is 9.18 Å². The van der Waals surface area contributed by atoms with Crippen LogP contribution in [-0.2, 0) is 6.42 Å². The number of halogens is 3. The summed E-state index contributed by atoms with van der Waals surface area (Å²) < 4.78 is 14.6. The molecule has 0 fully saturated rings. The predicted molar refractivity (Wildman–Crippen MR) is 87.6 cm³/mol. The number of hydrogen-bond donors (Lipinski definition) is 1. The van der Waals surface area contributed by atoms with Gasteiger partial charge in [0.25, 0.3) is 5.91 Å². The molecule has 0 bridgehead atoms. The number of fused-ring (bicyclic) bond motifs is 1. The third-order valence-electron chi connectivity index (χ3n) is 3.30. The summed E-state index contributed by atoms with van der Waals surface area (Å²) in [4.78, 5) is 16.3. The summed E-state index contributed by atoms with van der Waals surface area (Å²) in [6.07, 6.45) is 4.08. The van der Waals surface area contributed by atoms with Gasteiger partial charge in [0.05, 0.1) is 15.7 Å². The number of nitrogens with one attached hydrogen (secondary N) is 1. The van der Waals surface area contributed by atoms with Crippen molar-refractivity contribution in [1.82, 2.24) is 14.7 Å². The van der Waals surface area contributed by atoms with Crippen LogP contribution in [-0.4, -0.2) is 21.8 Å². The third kappa shape index (κ3) is 3.63. The third-order valence-corrected chi connectivity index (χ3v) is 3.78. The van der Waals surface area contributed by atoms with E-state index in [1.54, 1.807) is 16.7 Å². The van der Waals surface area contributed by atoms with Crippen molar-refractivity contribution in [3.05, 3.63) is 69.8 Å².